The van der Waals surface area contributed by atoms with E-state index in [0.717, 1.165) is 12.7 Å². The van der Waals surface area contributed by atoms with Gasteiger partial charge in [-0.3, -0.25) is 14.4 Å². The number of benzene rings is 2. The van der Waals surface area contributed by atoms with E-state index in [1.165, 1.54) is 0 Å². The van der Waals surface area contributed by atoms with Crippen LogP contribution >= 0.6 is 45.7 Å². The van der Waals surface area contributed by atoms with Gasteiger partial charge in [0.25, 0.3) is 17.4 Å². The lowest BCUT2D eigenvalue weighted by atomic mass is 10.0. The second-order valence-corrected chi connectivity index (χ2v) is 11.0. The van der Waals surface area contributed by atoms with E-state index >= 15 is 0 Å². The number of amides is 2. The van der Waals surface area contributed by atoms with E-state index in [1.807, 2.05) is 12.3 Å². The van der Waals surface area contributed by atoms with Crippen LogP contribution in [0.2, 0.25) is 0 Å². The van der Waals surface area contributed by atoms with Gasteiger partial charge in [0, 0.05) is 16.5 Å². The van der Waals surface area contributed by atoms with Gasteiger partial charge in [0.15, 0.2) is 6.04 Å². The molecule has 0 aliphatic heterocycles. The molecule has 172 valence electrons. The van der Waals surface area contributed by atoms with Gasteiger partial charge in [-0.2, -0.15) is 10.2 Å². The Hall–Kier alpha value is -3.03. The van der Waals surface area contributed by atoms with E-state index in [0.29, 0.717) is 16.3 Å². The van der Waals surface area contributed by atoms with Crippen LogP contribution in [0.3, 0.4) is 0 Å². The number of rotatable bonds is 7. The molecular formula is C23H18IN5O3S2. The van der Waals surface area contributed by atoms with Gasteiger partial charge in [-0.25, -0.2) is 10.5 Å². The maximum Gasteiger partial charge on any atom is 0.272 e. The van der Waals surface area contributed by atoms with Gasteiger partial charge in [-0.15, -0.1) is 23.1 Å². The summed E-state index contributed by atoms with van der Waals surface area (Å²) in [5.74, 6) is -1.06. The zero-order valence-corrected chi connectivity index (χ0v) is 21.5. The molecule has 2 heterocycles. The molecule has 0 radical (unpaired) electrons. The van der Waals surface area contributed by atoms with Crippen molar-refractivity contribution in [2.24, 2.45) is 5.10 Å². The number of halogens is 1. The van der Waals surface area contributed by atoms with Gasteiger partial charge in [0.05, 0.1) is 18.7 Å². The Morgan fingerprint density at radius 1 is 1.15 bits per heavy atom. The van der Waals surface area contributed by atoms with Crippen molar-refractivity contribution in [1.29, 1.82) is 0 Å². The number of carbonyl (C=O) groups excluding carboxylic acids is 2. The average molecular weight is 603 g/mol. The quantitative estimate of drug-likeness (QED) is 0.128. The number of hydrogen-bond acceptors (Lipinski definition) is 7. The van der Waals surface area contributed by atoms with E-state index in [1.54, 1.807) is 83.9 Å². The first kappa shape index (κ1) is 24.1. The number of nitrogens with zero attached hydrogens (tertiary/aromatic N) is 2. The Labute approximate surface area is 216 Å². The second kappa shape index (κ2) is 10.9. The lowest BCUT2D eigenvalue weighted by molar-refractivity contribution is -0.123. The van der Waals surface area contributed by atoms with Gasteiger partial charge < -0.3 is 5.32 Å². The zero-order valence-electron chi connectivity index (χ0n) is 17.7. The molecule has 0 spiro atoms. The Morgan fingerprint density at radius 3 is 2.59 bits per heavy atom. The van der Waals surface area contributed by atoms with Gasteiger partial charge in [0.1, 0.15) is 5.69 Å². The molecule has 2 aromatic heterocycles. The van der Waals surface area contributed by atoms with Crippen LogP contribution in [0.5, 0.6) is 0 Å². The number of H-pyrrole nitrogens is 1. The van der Waals surface area contributed by atoms with E-state index in [4.69, 9.17) is 0 Å². The number of hydrogen-bond donors (Lipinski definition) is 3. The number of fused-ring (bicyclic) bond motifs is 1. The highest BCUT2D eigenvalue weighted by Gasteiger charge is 2.27. The fourth-order valence-electron chi connectivity index (χ4n) is 3.26. The molecule has 4 rings (SSSR count). The third-order valence-corrected chi connectivity index (χ3v) is 7.89. The highest BCUT2D eigenvalue weighted by Crippen LogP contribution is 2.30. The molecule has 0 aliphatic carbocycles. The molecule has 0 saturated heterocycles. The average Bonchev–Trinajstić information content (AvgIpc) is 3.23. The van der Waals surface area contributed by atoms with Gasteiger partial charge in [-0.1, -0.05) is 36.4 Å². The van der Waals surface area contributed by atoms with Crippen LogP contribution in [0.15, 0.2) is 74.8 Å². The molecule has 0 aliphatic rings. The molecule has 8 nitrogen and oxygen atoms in total. The summed E-state index contributed by atoms with van der Waals surface area (Å²) in [6, 6.07) is 16.1. The summed E-state index contributed by atoms with van der Waals surface area (Å²) >= 11 is 5.46. The van der Waals surface area contributed by atoms with Crippen molar-refractivity contribution in [2.45, 2.75) is 10.3 Å². The predicted molar refractivity (Wildman–Crippen MR) is 144 cm³/mol. The van der Waals surface area contributed by atoms with E-state index < -0.39 is 17.9 Å². The Kier molecular flexibility index (Phi) is 7.75. The normalized spacial score (nSPS) is 12.1. The van der Waals surface area contributed by atoms with Gasteiger partial charge in [-0.05, 0) is 53.1 Å². The summed E-state index contributed by atoms with van der Waals surface area (Å²) < 4.78 is 2.18. The first-order valence-electron chi connectivity index (χ1n) is 9.97. The largest absolute Gasteiger partial charge is 0.335 e. The second-order valence-electron chi connectivity index (χ2n) is 6.99. The van der Waals surface area contributed by atoms with Crippen molar-refractivity contribution in [3.8, 4) is 0 Å². The number of carbonyl (C=O) groups is 2. The number of aromatic nitrogens is 2. The SMILES string of the molecule is CSc1sc(I)cc1/C=N/NC(=O)C(NC(=O)c1ccccc1)c1n[nH]c(=O)c2ccccc12. The lowest BCUT2D eigenvalue weighted by Crippen LogP contribution is -2.40. The molecule has 0 saturated carbocycles. The molecule has 34 heavy (non-hydrogen) atoms. The first-order chi connectivity index (χ1) is 16.5. The topological polar surface area (TPSA) is 116 Å². The zero-order chi connectivity index (χ0) is 24.1. The molecule has 1 unspecified atom stereocenters. The van der Waals surface area contributed by atoms with Crippen LogP contribution in [0.25, 0.3) is 10.8 Å². The number of nitrogens with one attached hydrogen (secondary N) is 3. The van der Waals surface area contributed by atoms with Crippen LogP contribution in [0, 0.1) is 2.88 Å². The molecule has 4 aromatic rings. The summed E-state index contributed by atoms with van der Waals surface area (Å²) in [4.78, 5) is 38.3. The first-order valence-corrected chi connectivity index (χ1v) is 13.1. The summed E-state index contributed by atoms with van der Waals surface area (Å²) in [5.41, 5.74) is 3.60. The molecular weight excluding hydrogens is 585 g/mol. The summed E-state index contributed by atoms with van der Waals surface area (Å²) in [7, 11) is 0. The molecule has 1 atom stereocenters. The maximum atomic E-state index is 13.2. The molecule has 11 heteroatoms. The van der Waals surface area contributed by atoms with Gasteiger partial charge in [0.2, 0.25) is 0 Å². The smallest absolute Gasteiger partial charge is 0.272 e. The molecule has 0 fully saturated rings. The van der Waals surface area contributed by atoms with E-state index in [-0.39, 0.29) is 11.3 Å². The van der Waals surface area contributed by atoms with E-state index in [9.17, 15) is 14.4 Å². The summed E-state index contributed by atoms with van der Waals surface area (Å²) in [6.07, 6.45) is 3.54. The number of hydrazone groups is 1. The van der Waals surface area contributed by atoms with Crippen LogP contribution in [-0.4, -0.2) is 34.5 Å². The van der Waals surface area contributed by atoms with Crippen molar-refractivity contribution in [2.75, 3.05) is 6.26 Å². The Bertz CT molecular complexity index is 1440. The van der Waals surface area contributed by atoms with Crippen molar-refractivity contribution < 1.29 is 9.59 Å². The fraction of sp³-hybridized carbons (Fsp3) is 0.0870. The van der Waals surface area contributed by atoms with Crippen LogP contribution < -0.4 is 16.3 Å². The number of aromatic amines is 1. The summed E-state index contributed by atoms with van der Waals surface area (Å²) in [5, 5.41) is 14.2. The predicted octanol–water partition coefficient (Wildman–Crippen LogP) is 3.93. The van der Waals surface area contributed by atoms with Crippen LogP contribution in [0.4, 0.5) is 0 Å². The highest BCUT2D eigenvalue weighted by molar-refractivity contribution is 14.1. The third-order valence-electron chi connectivity index (χ3n) is 4.83. The molecule has 2 amide bonds. The molecule has 3 N–H and O–H groups in total. The Morgan fingerprint density at radius 2 is 1.85 bits per heavy atom. The van der Waals surface area contributed by atoms with Crippen molar-refractivity contribution in [3.05, 3.63) is 90.7 Å². The monoisotopic (exact) mass is 603 g/mol. The summed E-state index contributed by atoms with van der Waals surface area (Å²) in [6.45, 7) is 0. The minimum Gasteiger partial charge on any atom is -0.335 e. The van der Waals surface area contributed by atoms with Crippen LogP contribution in [-0.2, 0) is 4.79 Å². The standard InChI is InChI=1S/C23H18IN5O3S2/c1-33-23-14(11-17(24)34-23)12-25-28-22(32)19(26-20(30)13-7-3-2-4-8-13)18-15-9-5-6-10-16(15)21(31)29-27-18/h2-12,19H,1H3,(H,26,30)(H,28,32)(H,29,31)/b25-12+. The van der Waals surface area contributed by atoms with Gasteiger partial charge >= 0.3 is 0 Å². The van der Waals surface area contributed by atoms with Crippen molar-refractivity contribution >= 4 is 74.5 Å². The third kappa shape index (κ3) is 5.37. The minimum absolute atomic E-state index is 0.210. The minimum atomic E-state index is -1.20. The number of thiophene rings is 1. The van der Waals surface area contributed by atoms with E-state index in [2.05, 4.69) is 48.6 Å². The molecule has 0 bridgehead atoms. The highest BCUT2D eigenvalue weighted by atomic mass is 127. The Balaban J connectivity index is 1.67. The fourth-order valence-corrected chi connectivity index (χ4v) is 6.24. The maximum absolute atomic E-state index is 13.2. The van der Waals surface area contributed by atoms with Crippen LogP contribution in [0.1, 0.15) is 27.7 Å². The van der Waals surface area contributed by atoms with Crippen molar-refractivity contribution in [1.82, 2.24) is 20.9 Å². The lowest BCUT2D eigenvalue weighted by Gasteiger charge is -2.18. The van der Waals surface area contributed by atoms with Crippen molar-refractivity contribution in [3.63, 3.8) is 0 Å². The number of thioether (sulfide) groups is 1. The molecule has 2 aromatic carbocycles.